The third kappa shape index (κ3) is 6.58. The Morgan fingerprint density at radius 2 is 1.05 bits per heavy atom. The second-order valence-electron chi connectivity index (χ2n) is 8.20. The van der Waals surface area contributed by atoms with Crippen LogP contribution >= 0.6 is 0 Å². The molecule has 1 aliphatic carbocycles. The number of nitrogens with one attached hydrogen (secondary N) is 2. The van der Waals surface area contributed by atoms with Crippen LogP contribution in [0, 0.1) is 0 Å². The highest BCUT2D eigenvalue weighted by atomic mass is 16.6. The van der Waals surface area contributed by atoms with Crippen molar-refractivity contribution in [1.29, 1.82) is 0 Å². The number of phenolic OH excluding ortho intramolecular Hbond substituents is 2. The SMILES string of the molecule is COCCOC(=O)CCNc1ccc(O)c2c1C(=O)c1c(O)ccc(NCCC(=O)OCCOC)c1C2=O. The molecule has 0 unspecified atom stereocenters. The van der Waals surface area contributed by atoms with Crippen LogP contribution in [-0.4, -0.2) is 87.5 Å². The van der Waals surface area contributed by atoms with Crippen LogP contribution in [0.4, 0.5) is 11.4 Å². The van der Waals surface area contributed by atoms with Crippen molar-refractivity contribution in [2.45, 2.75) is 12.8 Å². The molecule has 0 fully saturated rings. The van der Waals surface area contributed by atoms with Gasteiger partial charge in [0.1, 0.15) is 24.7 Å². The van der Waals surface area contributed by atoms with Crippen molar-refractivity contribution in [3.63, 3.8) is 0 Å². The molecule has 0 saturated heterocycles. The van der Waals surface area contributed by atoms with Gasteiger partial charge in [0, 0.05) is 38.7 Å². The number of carbonyl (C=O) groups excluding carboxylic acids is 4. The number of aromatic hydroxyl groups is 2. The molecule has 0 saturated carbocycles. The molecule has 0 heterocycles. The summed E-state index contributed by atoms with van der Waals surface area (Å²) in [5.41, 5.74) is -0.287. The Bertz CT molecular complexity index is 1120. The minimum atomic E-state index is -0.684. The van der Waals surface area contributed by atoms with Crippen LogP contribution in [0.25, 0.3) is 0 Å². The zero-order valence-corrected chi connectivity index (χ0v) is 21.1. The number of phenols is 2. The molecule has 0 amide bonds. The molecule has 0 spiro atoms. The Balaban J connectivity index is 1.80. The molecule has 0 aliphatic heterocycles. The van der Waals surface area contributed by atoms with E-state index in [2.05, 4.69) is 10.6 Å². The summed E-state index contributed by atoms with van der Waals surface area (Å²) in [6, 6.07) is 5.35. The zero-order valence-electron chi connectivity index (χ0n) is 21.1. The Morgan fingerprint density at radius 1 is 0.658 bits per heavy atom. The molecular weight excluding hydrogens is 500 g/mol. The average Bonchev–Trinajstić information content (AvgIpc) is 2.89. The molecule has 12 nitrogen and oxygen atoms in total. The van der Waals surface area contributed by atoms with Gasteiger partial charge in [0.2, 0.25) is 11.6 Å². The van der Waals surface area contributed by atoms with Gasteiger partial charge in [-0.05, 0) is 24.3 Å². The second-order valence-corrected chi connectivity index (χ2v) is 8.20. The lowest BCUT2D eigenvalue weighted by atomic mass is 9.81. The van der Waals surface area contributed by atoms with E-state index in [9.17, 15) is 29.4 Å². The minimum Gasteiger partial charge on any atom is -0.507 e. The number of hydrogen-bond acceptors (Lipinski definition) is 12. The average molecular weight is 531 g/mol. The van der Waals surface area contributed by atoms with Gasteiger partial charge in [-0.2, -0.15) is 0 Å². The van der Waals surface area contributed by atoms with Gasteiger partial charge in [0.05, 0.1) is 48.3 Å². The van der Waals surface area contributed by atoms with Gasteiger partial charge in [-0.25, -0.2) is 0 Å². The Morgan fingerprint density at radius 3 is 1.42 bits per heavy atom. The van der Waals surface area contributed by atoms with E-state index in [0.29, 0.717) is 0 Å². The topological polar surface area (TPSA) is 170 Å². The molecule has 204 valence electrons. The third-order valence-electron chi connectivity index (χ3n) is 5.67. The number of rotatable bonds is 14. The van der Waals surface area contributed by atoms with E-state index in [-0.39, 0.29) is 86.0 Å². The molecule has 3 rings (SSSR count). The monoisotopic (exact) mass is 530 g/mol. The number of hydrogen-bond donors (Lipinski definition) is 4. The lowest BCUT2D eigenvalue weighted by molar-refractivity contribution is -0.145. The Hall–Kier alpha value is -4.16. The fourth-order valence-corrected chi connectivity index (χ4v) is 3.88. The number of anilines is 2. The molecule has 2 aromatic carbocycles. The van der Waals surface area contributed by atoms with Crippen LogP contribution < -0.4 is 10.6 Å². The van der Waals surface area contributed by atoms with E-state index in [0.717, 1.165) is 0 Å². The number of fused-ring (bicyclic) bond motifs is 2. The summed E-state index contributed by atoms with van der Waals surface area (Å²) in [5.74, 6) is -3.16. The van der Waals surface area contributed by atoms with Crippen molar-refractivity contribution in [3.8, 4) is 11.5 Å². The van der Waals surface area contributed by atoms with Gasteiger partial charge in [-0.1, -0.05) is 0 Å². The smallest absolute Gasteiger partial charge is 0.307 e. The molecule has 0 bridgehead atoms. The third-order valence-corrected chi connectivity index (χ3v) is 5.67. The summed E-state index contributed by atoms with van der Waals surface area (Å²) in [4.78, 5) is 50.7. The quantitative estimate of drug-likeness (QED) is 0.136. The van der Waals surface area contributed by atoms with Crippen molar-refractivity contribution in [3.05, 3.63) is 46.5 Å². The van der Waals surface area contributed by atoms with E-state index in [1.54, 1.807) is 0 Å². The van der Waals surface area contributed by atoms with Crippen molar-refractivity contribution in [2.24, 2.45) is 0 Å². The predicted molar refractivity (Wildman–Crippen MR) is 135 cm³/mol. The maximum Gasteiger partial charge on any atom is 0.307 e. The van der Waals surface area contributed by atoms with E-state index in [1.807, 2.05) is 0 Å². The molecule has 38 heavy (non-hydrogen) atoms. The van der Waals surface area contributed by atoms with E-state index in [1.165, 1.54) is 38.5 Å². The molecular formula is C26H30N2O10. The first-order valence-corrected chi connectivity index (χ1v) is 11.9. The lowest BCUT2D eigenvalue weighted by Crippen LogP contribution is -2.25. The van der Waals surface area contributed by atoms with Crippen LogP contribution in [0.1, 0.15) is 44.7 Å². The highest BCUT2D eigenvalue weighted by Crippen LogP contribution is 2.42. The predicted octanol–water partition coefficient (Wildman–Crippen LogP) is 1.86. The Labute approximate surface area is 218 Å². The number of carbonyl (C=O) groups is 4. The van der Waals surface area contributed by atoms with Crippen LogP contribution in [0.5, 0.6) is 11.5 Å². The summed E-state index contributed by atoms with van der Waals surface area (Å²) in [6.07, 6.45) is -0.0450. The van der Waals surface area contributed by atoms with E-state index >= 15 is 0 Å². The van der Waals surface area contributed by atoms with Crippen LogP contribution in [-0.2, 0) is 28.5 Å². The number of ether oxygens (including phenoxy) is 4. The molecule has 0 atom stereocenters. The second kappa shape index (κ2) is 13.4. The van der Waals surface area contributed by atoms with Crippen molar-refractivity contribution < 1.29 is 48.3 Å². The summed E-state index contributed by atoms with van der Waals surface area (Å²) < 4.78 is 19.6. The molecule has 12 heteroatoms. The highest BCUT2D eigenvalue weighted by Gasteiger charge is 2.38. The summed E-state index contributed by atoms with van der Waals surface area (Å²) in [6.45, 7) is 0.923. The molecule has 1 aliphatic rings. The maximum absolute atomic E-state index is 13.5. The van der Waals surface area contributed by atoms with Gasteiger partial charge < -0.3 is 39.8 Å². The van der Waals surface area contributed by atoms with Crippen LogP contribution in [0.15, 0.2) is 24.3 Å². The zero-order chi connectivity index (χ0) is 27.7. The first-order valence-electron chi connectivity index (χ1n) is 11.9. The van der Waals surface area contributed by atoms with Gasteiger partial charge in [0.15, 0.2) is 0 Å². The number of benzene rings is 2. The largest absolute Gasteiger partial charge is 0.507 e. The minimum absolute atomic E-state index is 0.0225. The van der Waals surface area contributed by atoms with Crippen molar-refractivity contribution in [2.75, 3.05) is 64.4 Å². The molecule has 0 aromatic heterocycles. The lowest BCUT2D eigenvalue weighted by Gasteiger charge is -2.24. The van der Waals surface area contributed by atoms with Crippen LogP contribution in [0.3, 0.4) is 0 Å². The first-order chi connectivity index (χ1) is 18.3. The Kier molecular flexibility index (Phi) is 10.0. The number of esters is 2. The molecule has 2 aromatic rings. The molecule has 4 N–H and O–H groups in total. The standard InChI is InChI=1S/C26H30N2O10/c1-35-11-13-37-19(31)7-9-27-15-3-5-17(29)23-21(15)25(33)24-18(30)6-4-16(22(24)26(23)34)28-10-8-20(32)38-14-12-36-2/h3-6,27-30H,7-14H2,1-2H3. The summed E-state index contributed by atoms with van der Waals surface area (Å²) in [5, 5.41) is 26.9. The summed E-state index contributed by atoms with van der Waals surface area (Å²) in [7, 11) is 2.97. The van der Waals surface area contributed by atoms with Gasteiger partial charge in [-0.3, -0.25) is 19.2 Å². The van der Waals surface area contributed by atoms with Gasteiger partial charge in [-0.15, -0.1) is 0 Å². The number of ketones is 2. The maximum atomic E-state index is 13.5. The van der Waals surface area contributed by atoms with Crippen LogP contribution in [0.2, 0.25) is 0 Å². The fraction of sp³-hybridized carbons (Fsp3) is 0.385. The van der Waals surface area contributed by atoms with Crippen molar-refractivity contribution in [1.82, 2.24) is 0 Å². The highest BCUT2D eigenvalue weighted by molar-refractivity contribution is 6.33. The normalized spacial score (nSPS) is 11.9. The first kappa shape index (κ1) is 28.4. The van der Waals surface area contributed by atoms with Crippen molar-refractivity contribution >= 4 is 34.9 Å². The van der Waals surface area contributed by atoms with Gasteiger partial charge in [0.25, 0.3) is 0 Å². The number of methoxy groups -OCH3 is 2. The van der Waals surface area contributed by atoms with Gasteiger partial charge >= 0.3 is 11.9 Å². The molecule has 0 radical (unpaired) electrons. The van der Waals surface area contributed by atoms with E-state index < -0.39 is 35.0 Å². The van der Waals surface area contributed by atoms with E-state index in [4.69, 9.17) is 18.9 Å². The summed E-state index contributed by atoms with van der Waals surface area (Å²) >= 11 is 0. The fourth-order valence-electron chi connectivity index (χ4n) is 3.88.